The van der Waals surface area contributed by atoms with Crippen LogP contribution in [0.4, 0.5) is 20.2 Å². The van der Waals surface area contributed by atoms with E-state index in [1.54, 1.807) is 24.3 Å². The maximum absolute atomic E-state index is 13.5. The zero-order chi connectivity index (χ0) is 14.7. The Morgan fingerprint density at radius 3 is 2.45 bits per heavy atom. The number of carbonyl (C=O) groups excluding carboxylic acids is 1. The molecule has 0 aliphatic carbocycles. The molecule has 6 heteroatoms. The Morgan fingerprint density at radius 2 is 1.80 bits per heavy atom. The van der Waals surface area contributed by atoms with Crippen molar-refractivity contribution in [2.75, 3.05) is 11.1 Å². The predicted octanol–water partition coefficient (Wildman–Crippen LogP) is 3.38. The number of nitrogens with two attached hydrogens (primary N) is 1. The molecular formula is C14H11ClF2N2O. The van der Waals surface area contributed by atoms with Gasteiger partial charge in [-0.05, 0) is 29.8 Å². The van der Waals surface area contributed by atoms with Crippen LogP contribution in [0, 0.1) is 11.6 Å². The molecule has 0 aliphatic heterocycles. The van der Waals surface area contributed by atoms with Gasteiger partial charge in [-0.25, -0.2) is 8.78 Å². The Hall–Kier alpha value is -2.14. The number of amides is 1. The first-order chi connectivity index (χ1) is 9.47. The third-order valence-electron chi connectivity index (χ3n) is 2.67. The minimum Gasteiger partial charge on any atom is -0.397 e. The monoisotopic (exact) mass is 296 g/mol. The molecule has 0 heterocycles. The summed E-state index contributed by atoms with van der Waals surface area (Å²) >= 11 is 5.73. The van der Waals surface area contributed by atoms with Gasteiger partial charge in [-0.3, -0.25) is 4.79 Å². The lowest BCUT2D eigenvalue weighted by Gasteiger charge is -2.09. The van der Waals surface area contributed by atoms with E-state index < -0.39 is 17.5 Å². The summed E-state index contributed by atoms with van der Waals surface area (Å²) in [4.78, 5) is 11.8. The van der Waals surface area contributed by atoms with Crippen molar-refractivity contribution in [1.29, 1.82) is 0 Å². The van der Waals surface area contributed by atoms with Gasteiger partial charge in [0.05, 0.1) is 12.1 Å². The Bertz CT molecular complexity index is 644. The molecule has 104 valence electrons. The fraction of sp³-hybridized carbons (Fsp3) is 0.0714. The summed E-state index contributed by atoms with van der Waals surface area (Å²) in [6.07, 6.45) is 0.00651. The molecule has 20 heavy (non-hydrogen) atoms. The second-order valence-electron chi connectivity index (χ2n) is 4.18. The smallest absolute Gasteiger partial charge is 0.228 e. The summed E-state index contributed by atoms with van der Waals surface area (Å²) in [5.41, 5.74) is 5.83. The lowest BCUT2D eigenvalue weighted by Crippen LogP contribution is -2.17. The molecule has 0 saturated carbocycles. The first-order valence-electron chi connectivity index (χ1n) is 5.75. The second kappa shape index (κ2) is 5.88. The van der Waals surface area contributed by atoms with E-state index in [1.807, 2.05) is 0 Å². The first kappa shape index (κ1) is 14.3. The van der Waals surface area contributed by atoms with Crippen LogP contribution in [0.2, 0.25) is 5.02 Å². The summed E-state index contributed by atoms with van der Waals surface area (Å²) < 4.78 is 26.6. The van der Waals surface area contributed by atoms with Gasteiger partial charge in [-0.15, -0.1) is 0 Å². The number of carbonyl (C=O) groups is 1. The standard InChI is InChI=1S/C14H11ClF2N2O/c15-9-3-1-8(2-4-9)7-12(20)19-14-11(18)6-5-10(16)13(14)17/h1-6H,7,18H2,(H,19,20). The molecule has 0 atom stereocenters. The molecule has 2 aromatic carbocycles. The Labute approximate surface area is 119 Å². The quantitative estimate of drug-likeness (QED) is 0.853. The van der Waals surface area contributed by atoms with Crippen LogP contribution in [-0.4, -0.2) is 5.91 Å². The molecule has 0 aliphatic rings. The van der Waals surface area contributed by atoms with E-state index in [2.05, 4.69) is 5.32 Å². The van der Waals surface area contributed by atoms with Crippen LogP contribution in [-0.2, 0) is 11.2 Å². The summed E-state index contributed by atoms with van der Waals surface area (Å²) in [6.45, 7) is 0. The van der Waals surface area contributed by atoms with Crippen molar-refractivity contribution in [3.63, 3.8) is 0 Å². The SMILES string of the molecule is Nc1ccc(F)c(F)c1NC(=O)Cc1ccc(Cl)cc1. The van der Waals surface area contributed by atoms with Gasteiger partial charge in [-0.2, -0.15) is 0 Å². The van der Waals surface area contributed by atoms with Gasteiger partial charge < -0.3 is 11.1 Å². The number of hydrogen-bond donors (Lipinski definition) is 2. The van der Waals surface area contributed by atoms with E-state index in [9.17, 15) is 13.6 Å². The van der Waals surface area contributed by atoms with Gasteiger partial charge in [0.2, 0.25) is 5.91 Å². The number of rotatable bonds is 3. The van der Waals surface area contributed by atoms with Crippen LogP contribution in [0.5, 0.6) is 0 Å². The molecule has 0 saturated heterocycles. The lowest BCUT2D eigenvalue weighted by molar-refractivity contribution is -0.115. The average molecular weight is 297 g/mol. The Morgan fingerprint density at radius 1 is 1.15 bits per heavy atom. The Kier molecular flexibility index (Phi) is 4.20. The number of nitrogen functional groups attached to an aromatic ring is 1. The largest absolute Gasteiger partial charge is 0.397 e. The second-order valence-corrected chi connectivity index (χ2v) is 4.61. The number of halogens is 3. The Balaban J connectivity index is 2.12. The highest BCUT2D eigenvalue weighted by Gasteiger charge is 2.14. The summed E-state index contributed by atoms with van der Waals surface area (Å²) in [7, 11) is 0. The molecular weight excluding hydrogens is 286 g/mol. The normalized spacial score (nSPS) is 10.3. The highest BCUT2D eigenvalue weighted by Crippen LogP contribution is 2.24. The van der Waals surface area contributed by atoms with Crippen molar-refractivity contribution in [1.82, 2.24) is 0 Å². The molecule has 0 bridgehead atoms. The predicted molar refractivity (Wildman–Crippen MR) is 74.6 cm³/mol. The molecule has 1 amide bonds. The van der Waals surface area contributed by atoms with E-state index in [0.717, 1.165) is 6.07 Å². The van der Waals surface area contributed by atoms with Crippen LogP contribution in [0.25, 0.3) is 0 Å². The molecule has 0 radical (unpaired) electrons. The fourth-order valence-electron chi connectivity index (χ4n) is 1.66. The van der Waals surface area contributed by atoms with Crippen LogP contribution in [0.1, 0.15) is 5.56 Å². The number of anilines is 2. The molecule has 0 unspecified atom stereocenters. The van der Waals surface area contributed by atoms with Crippen molar-refractivity contribution < 1.29 is 13.6 Å². The van der Waals surface area contributed by atoms with Gasteiger partial charge >= 0.3 is 0 Å². The van der Waals surface area contributed by atoms with Crippen LogP contribution in [0.15, 0.2) is 36.4 Å². The van der Waals surface area contributed by atoms with Crippen molar-refractivity contribution in [3.05, 3.63) is 58.6 Å². The maximum Gasteiger partial charge on any atom is 0.228 e. The van der Waals surface area contributed by atoms with Crippen molar-refractivity contribution in [2.24, 2.45) is 0 Å². The number of nitrogens with one attached hydrogen (secondary N) is 1. The number of hydrogen-bond acceptors (Lipinski definition) is 2. The molecule has 2 rings (SSSR count). The van der Waals surface area contributed by atoms with Gasteiger partial charge in [0.1, 0.15) is 5.69 Å². The van der Waals surface area contributed by atoms with Gasteiger partial charge in [0.15, 0.2) is 11.6 Å². The van der Waals surface area contributed by atoms with Crippen LogP contribution < -0.4 is 11.1 Å². The molecule has 3 nitrogen and oxygen atoms in total. The third-order valence-corrected chi connectivity index (χ3v) is 2.92. The highest BCUT2D eigenvalue weighted by atomic mass is 35.5. The van der Waals surface area contributed by atoms with Gasteiger partial charge in [-0.1, -0.05) is 23.7 Å². The lowest BCUT2D eigenvalue weighted by atomic mass is 10.1. The van der Waals surface area contributed by atoms with E-state index in [4.69, 9.17) is 17.3 Å². The summed E-state index contributed by atoms with van der Waals surface area (Å²) in [6, 6.07) is 8.72. The fourth-order valence-corrected chi connectivity index (χ4v) is 1.79. The van der Waals surface area contributed by atoms with Crippen molar-refractivity contribution >= 4 is 28.9 Å². The molecule has 0 fully saturated rings. The van der Waals surface area contributed by atoms with Crippen molar-refractivity contribution in [2.45, 2.75) is 6.42 Å². The molecule has 0 aromatic heterocycles. The topological polar surface area (TPSA) is 55.1 Å². The third kappa shape index (κ3) is 3.24. The van der Waals surface area contributed by atoms with Crippen LogP contribution in [0.3, 0.4) is 0 Å². The molecule has 2 aromatic rings. The average Bonchev–Trinajstić information content (AvgIpc) is 2.42. The maximum atomic E-state index is 13.5. The van der Waals surface area contributed by atoms with Gasteiger partial charge in [0.25, 0.3) is 0 Å². The zero-order valence-corrected chi connectivity index (χ0v) is 11.0. The minimum absolute atomic E-state index is 0.00651. The number of benzene rings is 2. The minimum atomic E-state index is -1.17. The summed E-state index contributed by atoms with van der Waals surface area (Å²) in [5.74, 6) is -2.74. The zero-order valence-electron chi connectivity index (χ0n) is 10.3. The van der Waals surface area contributed by atoms with Crippen LogP contribution >= 0.6 is 11.6 Å². The highest BCUT2D eigenvalue weighted by molar-refractivity contribution is 6.30. The first-order valence-corrected chi connectivity index (χ1v) is 6.13. The van der Waals surface area contributed by atoms with Crippen molar-refractivity contribution in [3.8, 4) is 0 Å². The molecule has 3 N–H and O–H groups in total. The van der Waals surface area contributed by atoms with E-state index in [1.165, 1.54) is 6.07 Å². The van der Waals surface area contributed by atoms with E-state index >= 15 is 0 Å². The van der Waals surface area contributed by atoms with E-state index in [0.29, 0.717) is 10.6 Å². The molecule has 0 spiro atoms. The summed E-state index contributed by atoms with van der Waals surface area (Å²) in [5, 5.41) is 2.82. The van der Waals surface area contributed by atoms with E-state index in [-0.39, 0.29) is 17.8 Å². The van der Waals surface area contributed by atoms with Gasteiger partial charge in [0, 0.05) is 5.02 Å².